The molecule has 0 spiro atoms. The highest BCUT2D eigenvalue weighted by atomic mass is 32.1. The van der Waals surface area contributed by atoms with Crippen LogP contribution in [0.3, 0.4) is 0 Å². The summed E-state index contributed by atoms with van der Waals surface area (Å²) >= 11 is 1.47. The molecule has 33 heavy (non-hydrogen) atoms. The lowest BCUT2D eigenvalue weighted by Crippen LogP contribution is -2.49. The summed E-state index contributed by atoms with van der Waals surface area (Å²) in [5, 5.41) is 1.92. The van der Waals surface area contributed by atoms with Crippen molar-refractivity contribution >= 4 is 28.9 Å². The number of carbonyl (C=O) groups is 1. The van der Waals surface area contributed by atoms with Gasteiger partial charge >= 0.3 is 0 Å². The van der Waals surface area contributed by atoms with Crippen molar-refractivity contribution in [2.24, 2.45) is 0 Å². The van der Waals surface area contributed by atoms with Gasteiger partial charge in [0.25, 0.3) is 11.5 Å². The Morgan fingerprint density at radius 2 is 1.64 bits per heavy atom. The minimum atomic E-state index is -0.130. The van der Waals surface area contributed by atoms with Gasteiger partial charge in [0.05, 0.1) is 10.6 Å². The molecule has 2 aliphatic heterocycles. The van der Waals surface area contributed by atoms with Gasteiger partial charge in [-0.25, -0.2) is 4.98 Å². The lowest BCUT2D eigenvalue weighted by atomic mass is 10.2. The second-order valence-corrected chi connectivity index (χ2v) is 9.36. The monoisotopic (exact) mass is 464 g/mol. The summed E-state index contributed by atoms with van der Waals surface area (Å²) in [5.74, 6) is 0.679. The number of nitrogens with one attached hydrogen (secondary N) is 1. The van der Waals surface area contributed by atoms with Gasteiger partial charge in [0.2, 0.25) is 5.95 Å². The van der Waals surface area contributed by atoms with Crippen LogP contribution in [0.5, 0.6) is 0 Å². The molecule has 0 atom stereocenters. The molecular formula is C24H28N6O2S. The number of benzene rings is 1. The van der Waals surface area contributed by atoms with Crippen LogP contribution < -0.4 is 15.4 Å². The third kappa shape index (κ3) is 5.09. The average Bonchev–Trinajstić information content (AvgIpc) is 3.39. The molecule has 172 valence electrons. The van der Waals surface area contributed by atoms with E-state index in [1.54, 1.807) is 6.07 Å². The Bertz CT molecular complexity index is 1120. The van der Waals surface area contributed by atoms with Gasteiger partial charge < -0.3 is 14.7 Å². The third-order valence-corrected chi connectivity index (χ3v) is 7.12. The largest absolute Gasteiger partial charge is 0.369 e. The van der Waals surface area contributed by atoms with E-state index in [0.29, 0.717) is 38.7 Å². The number of H-pyrrole nitrogens is 1. The molecule has 1 N–H and O–H groups in total. The topological polar surface area (TPSA) is 75.8 Å². The summed E-state index contributed by atoms with van der Waals surface area (Å²) in [7, 11) is 0. The van der Waals surface area contributed by atoms with E-state index in [4.69, 9.17) is 4.98 Å². The van der Waals surface area contributed by atoms with Crippen molar-refractivity contribution in [2.75, 3.05) is 62.2 Å². The first-order valence-electron chi connectivity index (χ1n) is 11.4. The summed E-state index contributed by atoms with van der Waals surface area (Å²) in [6, 6.07) is 15.8. The quantitative estimate of drug-likeness (QED) is 0.624. The van der Waals surface area contributed by atoms with E-state index in [1.165, 1.54) is 17.0 Å². The molecule has 8 nitrogen and oxygen atoms in total. The average molecular weight is 465 g/mol. The second-order valence-electron chi connectivity index (χ2n) is 8.42. The summed E-state index contributed by atoms with van der Waals surface area (Å²) < 4.78 is 0. The van der Waals surface area contributed by atoms with Gasteiger partial charge in [-0.15, -0.1) is 11.3 Å². The molecule has 0 saturated carbocycles. The second kappa shape index (κ2) is 9.76. The van der Waals surface area contributed by atoms with Gasteiger partial charge in [0, 0.05) is 70.7 Å². The molecule has 2 fully saturated rings. The van der Waals surface area contributed by atoms with Gasteiger partial charge in [0.15, 0.2) is 0 Å². The highest BCUT2D eigenvalue weighted by molar-refractivity contribution is 7.12. The number of para-hydroxylation sites is 1. The van der Waals surface area contributed by atoms with E-state index in [2.05, 4.69) is 43.9 Å². The molecule has 2 aliphatic rings. The fourth-order valence-electron chi connectivity index (χ4n) is 4.43. The normalized spacial score (nSPS) is 17.4. The standard InChI is InChI=1S/C24H28N6O2S/c31-22-17-19(18-27-8-10-28(11-9-27)20-5-2-1-3-6-20)25-24(26-22)30-14-12-29(13-15-30)23(32)21-7-4-16-33-21/h1-7,16-17H,8-15,18H2,(H,25,26,31). The molecule has 0 aliphatic carbocycles. The number of piperazine rings is 2. The number of thiophene rings is 1. The predicted octanol–water partition coefficient (Wildman–Crippen LogP) is 2.12. The van der Waals surface area contributed by atoms with Crippen LogP contribution in [0.4, 0.5) is 11.6 Å². The summed E-state index contributed by atoms with van der Waals surface area (Å²) in [4.78, 5) is 42.0. The molecule has 1 amide bonds. The highest BCUT2D eigenvalue weighted by Gasteiger charge is 2.24. The maximum absolute atomic E-state index is 12.6. The molecule has 0 unspecified atom stereocenters. The number of aromatic amines is 1. The number of nitrogens with zero attached hydrogens (tertiary/aromatic N) is 5. The van der Waals surface area contributed by atoms with E-state index in [0.717, 1.165) is 36.8 Å². The van der Waals surface area contributed by atoms with Crippen molar-refractivity contribution in [2.45, 2.75) is 6.54 Å². The first kappa shape index (κ1) is 21.7. The Hall–Kier alpha value is -3.17. The summed E-state index contributed by atoms with van der Waals surface area (Å²) in [6.45, 7) is 6.98. The maximum atomic E-state index is 12.6. The molecule has 0 radical (unpaired) electrons. The smallest absolute Gasteiger partial charge is 0.264 e. The third-order valence-electron chi connectivity index (χ3n) is 6.26. The molecule has 5 rings (SSSR count). The zero-order chi connectivity index (χ0) is 22.6. The molecule has 9 heteroatoms. The molecular weight excluding hydrogens is 436 g/mol. The number of anilines is 2. The molecule has 1 aromatic carbocycles. The van der Waals surface area contributed by atoms with Crippen LogP contribution in [-0.2, 0) is 6.54 Å². The Kier molecular flexibility index (Phi) is 6.41. The number of hydrogen-bond donors (Lipinski definition) is 1. The molecule has 0 bridgehead atoms. The van der Waals surface area contributed by atoms with E-state index < -0.39 is 0 Å². The van der Waals surface area contributed by atoms with Crippen LogP contribution in [0.15, 0.2) is 58.7 Å². The molecule has 2 saturated heterocycles. The first-order chi connectivity index (χ1) is 16.2. The SMILES string of the molecule is O=C(c1cccs1)N1CCN(c2nc(CN3CCN(c4ccccc4)CC3)cc(=O)[nH]2)CC1. The van der Waals surface area contributed by atoms with Crippen LogP contribution in [0.25, 0.3) is 0 Å². The molecule has 3 aromatic rings. The Labute approximate surface area is 197 Å². The van der Waals surface area contributed by atoms with Crippen LogP contribution >= 0.6 is 11.3 Å². The lowest BCUT2D eigenvalue weighted by molar-refractivity contribution is 0.0751. The fraction of sp³-hybridized carbons (Fsp3) is 0.375. The number of carbonyl (C=O) groups excluding carboxylic acids is 1. The van der Waals surface area contributed by atoms with Crippen molar-refractivity contribution in [3.63, 3.8) is 0 Å². The van der Waals surface area contributed by atoms with Crippen molar-refractivity contribution < 1.29 is 4.79 Å². The number of rotatable bonds is 5. The number of amides is 1. The van der Waals surface area contributed by atoms with E-state index in [1.807, 2.05) is 28.5 Å². The van der Waals surface area contributed by atoms with Gasteiger partial charge in [-0.2, -0.15) is 0 Å². The number of aromatic nitrogens is 2. The van der Waals surface area contributed by atoms with E-state index in [9.17, 15) is 9.59 Å². The predicted molar refractivity (Wildman–Crippen MR) is 131 cm³/mol. The summed E-state index contributed by atoms with van der Waals surface area (Å²) in [5.41, 5.74) is 1.92. The van der Waals surface area contributed by atoms with E-state index >= 15 is 0 Å². The van der Waals surface area contributed by atoms with Gasteiger partial charge in [-0.3, -0.25) is 19.5 Å². The highest BCUT2D eigenvalue weighted by Crippen LogP contribution is 2.18. The van der Waals surface area contributed by atoms with Crippen LogP contribution in [-0.4, -0.2) is 78.0 Å². The summed E-state index contributed by atoms with van der Waals surface area (Å²) in [6.07, 6.45) is 0. The van der Waals surface area contributed by atoms with E-state index in [-0.39, 0.29) is 11.5 Å². The lowest BCUT2D eigenvalue weighted by Gasteiger charge is -2.36. The Morgan fingerprint density at radius 1 is 0.909 bits per heavy atom. The fourth-order valence-corrected chi connectivity index (χ4v) is 5.12. The van der Waals surface area contributed by atoms with Crippen LogP contribution in [0, 0.1) is 0 Å². The van der Waals surface area contributed by atoms with Crippen molar-refractivity contribution in [1.82, 2.24) is 19.8 Å². The number of hydrogen-bond acceptors (Lipinski definition) is 7. The van der Waals surface area contributed by atoms with Crippen LogP contribution in [0.1, 0.15) is 15.4 Å². The first-order valence-corrected chi connectivity index (χ1v) is 12.2. The molecule has 2 aromatic heterocycles. The van der Waals surface area contributed by atoms with Crippen molar-refractivity contribution in [3.8, 4) is 0 Å². The van der Waals surface area contributed by atoms with Crippen molar-refractivity contribution in [1.29, 1.82) is 0 Å². The van der Waals surface area contributed by atoms with Gasteiger partial charge in [-0.05, 0) is 23.6 Å². The van der Waals surface area contributed by atoms with Crippen molar-refractivity contribution in [3.05, 3.63) is 74.8 Å². The zero-order valence-electron chi connectivity index (χ0n) is 18.5. The Balaban J connectivity index is 1.18. The maximum Gasteiger partial charge on any atom is 0.264 e. The van der Waals surface area contributed by atoms with Crippen LogP contribution in [0.2, 0.25) is 0 Å². The minimum absolute atomic E-state index is 0.0782. The van der Waals surface area contributed by atoms with Gasteiger partial charge in [0.1, 0.15) is 0 Å². The minimum Gasteiger partial charge on any atom is -0.369 e. The molecule has 4 heterocycles. The van der Waals surface area contributed by atoms with Gasteiger partial charge in [-0.1, -0.05) is 24.3 Å². The Morgan fingerprint density at radius 3 is 2.33 bits per heavy atom. The zero-order valence-corrected chi connectivity index (χ0v) is 19.3.